The van der Waals surface area contributed by atoms with Crippen molar-refractivity contribution in [2.75, 3.05) is 18.1 Å². The van der Waals surface area contributed by atoms with Gasteiger partial charge >= 0.3 is 0 Å². The summed E-state index contributed by atoms with van der Waals surface area (Å²) >= 11 is 7.70. The number of hydrogen-bond acceptors (Lipinski definition) is 4. The smallest absolute Gasteiger partial charge is 0.132 e. The molecule has 0 bridgehead atoms. The quantitative estimate of drug-likeness (QED) is 0.839. The van der Waals surface area contributed by atoms with Crippen molar-refractivity contribution in [2.24, 2.45) is 0 Å². The highest BCUT2D eigenvalue weighted by Gasteiger charge is 2.41. The molecule has 2 rings (SSSR count). The fourth-order valence-corrected chi connectivity index (χ4v) is 2.43. The third kappa shape index (κ3) is 2.60. The van der Waals surface area contributed by atoms with Crippen LogP contribution in [0.2, 0.25) is 5.15 Å². The molecular formula is C11H12ClN3S. The number of nitrogens with zero attached hydrogens (tertiary/aromatic N) is 2. The van der Waals surface area contributed by atoms with Crippen molar-refractivity contribution in [2.45, 2.75) is 17.6 Å². The van der Waals surface area contributed by atoms with E-state index in [4.69, 9.17) is 16.9 Å². The van der Waals surface area contributed by atoms with Gasteiger partial charge in [-0.25, -0.2) is 4.98 Å². The van der Waals surface area contributed by atoms with Gasteiger partial charge in [-0.1, -0.05) is 11.6 Å². The maximum absolute atomic E-state index is 8.80. The van der Waals surface area contributed by atoms with Crippen molar-refractivity contribution in [3.05, 3.63) is 22.8 Å². The van der Waals surface area contributed by atoms with Gasteiger partial charge in [-0.3, -0.25) is 0 Å². The lowest BCUT2D eigenvalue weighted by atomic mass is 10.3. The van der Waals surface area contributed by atoms with Crippen LogP contribution in [0.15, 0.2) is 12.1 Å². The van der Waals surface area contributed by atoms with Gasteiger partial charge in [0.15, 0.2) is 0 Å². The first-order valence-corrected chi connectivity index (χ1v) is 6.64. The first-order chi connectivity index (χ1) is 7.67. The molecule has 0 unspecified atom stereocenters. The molecule has 16 heavy (non-hydrogen) atoms. The molecule has 0 amide bonds. The molecule has 3 nitrogen and oxygen atoms in total. The predicted octanol–water partition coefficient (Wildman–Crippen LogP) is 2.91. The third-order valence-corrected chi connectivity index (χ3v) is 4.37. The van der Waals surface area contributed by atoms with E-state index >= 15 is 0 Å². The Kier molecular flexibility index (Phi) is 3.27. The number of nitrogens with one attached hydrogen (secondary N) is 1. The van der Waals surface area contributed by atoms with Crippen molar-refractivity contribution < 1.29 is 0 Å². The molecule has 1 aliphatic carbocycles. The third-order valence-electron chi connectivity index (χ3n) is 2.76. The molecule has 0 saturated heterocycles. The lowest BCUT2D eigenvalue weighted by Gasteiger charge is -2.13. The zero-order valence-corrected chi connectivity index (χ0v) is 10.5. The Morgan fingerprint density at radius 3 is 2.94 bits per heavy atom. The van der Waals surface area contributed by atoms with E-state index in [-0.39, 0.29) is 0 Å². The molecule has 0 aromatic carbocycles. The number of pyridine rings is 1. The molecule has 1 aromatic heterocycles. The van der Waals surface area contributed by atoms with Crippen LogP contribution in [-0.2, 0) is 0 Å². The molecule has 0 spiro atoms. The summed E-state index contributed by atoms with van der Waals surface area (Å²) < 4.78 is 0.372. The summed E-state index contributed by atoms with van der Waals surface area (Å²) in [7, 11) is 0. The van der Waals surface area contributed by atoms with Gasteiger partial charge in [0.05, 0.1) is 11.6 Å². The van der Waals surface area contributed by atoms with Gasteiger partial charge in [0.2, 0.25) is 0 Å². The summed E-state index contributed by atoms with van der Waals surface area (Å²) in [4.78, 5) is 4.14. The number of anilines is 1. The van der Waals surface area contributed by atoms with Crippen molar-refractivity contribution >= 4 is 29.2 Å². The van der Waals surface area contributed by atoms with Crippen LogP contribution in [0, 0.1) is 11.3 Å². The normalized spacial score (nSPS) is 16.6. The average Bonchev–Trinajstić information content (AvgIpc) is 3.06. The Morgan fingerprint density at radius 1 is 1.62 bits per heavy atom. The van der Waals surface area contributed by atoms with Gasteiger partial charge in [-0.05, 0) is 31.2 Å². The van der Waals surface area contributed by atoms with Crippen molar-refractivity contribution in [1.29, 1.82) is 5.26 Å². The summed E-state index contributed by atoms with van der Waals surface area (Å²) in [6.45, 7) is 0.881. The van der Waals surface area contributed by atoms with Crippen LogP contribution in [0.5, 0.6) is 0 Å². The Bertz CT molecular complexity index is 437. The maximum Gasteiger partial charge on any atom is 0.132 e. The van der Waals surface area contributed by atoms with E-state index in [9.17, 15) is 0 Å². The van der Waals surface area contributed by atoms with E-state index in [0.29, 0.717) is 21.3 Å². The van der Waals surface area contributed by atoms with Crippen molar-refractivity contribution in [3.8, 4) is 6.07 Å². The first-order valence-electron chi connectivity index (χ1n) is 5.04. The summed E-state index contributed by atoms with van der Waals surface area (Å²) in [6, 6.07) is 5.35. The molecule has 84 valence electrons. The van der Waals surface area contributed by atoms with Gasteiger partial charge in [0.1, 0.15) is 11.0 Å². The highest BCUT2D eigenvalue weighted by atomic mass is 35.5. The first kappa shape index (κ1) is 11.6. The molecule has 0 atom stereocenters. The van der Waals surface area contributed by atoms with Gasteiger partial charge < -0.3 is 5.32 Å². The van der Waals surface area contributed by atoms with E-state index in [1.54, 1.807) is 12.1 Å². The number of aromatic nitrogens is 1. The topological polar surface area (TPSA) is 48.7 Å². The Morgan fingerprint density at radius 2 is 2.38 bits per heavy atom. The number of rotatable bonds is 4. The molecule has 1 aliphatic rings. The minimum atomic E-state index is 0.357. The fraction of sp³-hybridized carbons (Fsp3) is 0.455. The standard InChI is InChI=1S/C11H12ClN3S/c1-16-11(2-3-11)7-14-10-5-8(6-13)4-9(12)15-10/h4-5H,2-3,7H2,1H3,(H,14,15). The molecule has 0 radical (unpaired) electrons. The second-order valence-corrected chi connectivity index (χ2v) is 5.58. The summed E-state index contributed by atoms with van der Waals surface area (Å²) in [5.74, 6) is 0.685. The van der Waals surface area contributed by atoms with Gasteiger partial charge in [-0.2, -0.15) is 17.0 Å². The zero-order valence-electron chi connectivity index (χ0n) is 8.96. The van der Waals surface area contributed by atoms with E-state index < -0.39 is 0 Å². The fourth-order valence-electron chi connectivity index (χ4n) is 1.50. The van der Waals surface area contributed by atoms with Crippen LogP contribution in [0.4, 0.5) is 5.82 Å². The minimum Gasteiger partial charge on any atom is -0.369 e. The highest BCUT2D eigenvalue weighted by Crippen LogP contribution is 2.46. The van der Waals surface area contributed by atoms with Crippen LogP contribution in [-0.4, -0.2) is 22.5 Å². The largest absolute Gasteiger partial charge is 0.369 e. The number of hydrogen-bond donors (Lipinski definition) is 1. The summed E-state index contributed by atoms with van der Waals surface area (Å²) in [5.41, 5.74) is 0.538. The lowest BCUT2D eigenvalue weighted by Crippen LogP contribution is -2.18. The second kappa shape index (κ2) is 4.52. The maximum atomic E-state index is 8.80. The molecule has 1 saturated carbocycles. The van der Waals surface area contributed by atoms with Gasteiger partial charge in [-0.15, -0.1) is 0 Å². The Labute approximate surface area is 104 Å². The molecule has 1 N–H and O–H groups in total. The molecule has 1 fully saturated rings. The Hall–Kier alpha value is -0.920. The average molecular weight is 254 g/mol. The molecule has 1 aromatic rings. The molecular weight excluding hydrogens is 242 g/mol. The second-order valence-electron chi connectivity index (χ2n) is 3.92. The number of halogens is 1. The number of nitriles is 1. The SMILES string of the molecule is CSC1(CNc2cc(C#N)cc(Cl)n2)CC1. The van der Waals surface area contributed by atoms with E-state index in [2.05, 4.69) is 22.6 Å². The highest BCUT2D eigenvalue weighted by molar-refractivity contribution is 8.00. The van der Waals surface area contributed by atoms with Crippen LogP contribution in [0.1, 0.15) is 18.4 Å². The lowest BCUT2D eigenvalue weighted by molar-refractivity contribution is 0.940. The number of thioether (sulfide) groups is 1. The van der Waals surface area contributed by atoms with Gasteiger partial charge in [0, 0.05) is 11.3 Å². The summed E-state index contributed by atoms with van der Waals surface area (Å²) in [6.07, 6.45) is 4.61. The van der Waals surface area contributed by atoms with Crippen molar-refractivity contribution in [3.63, 3.8) is 0 Å². The Balaban J connectivity index is 2.04. The van der Waals surface area contributed by atoms with Crippen LogP contribution in [0.3, 0.4) is 0 Å². The van der Waals surface area contributed by atoms with E-state index in [1.807, 2.05) is 11.8 Å². The van der Waals surface area contributed by atoms with Crippen LogP contribution < -0.4 is 5.32 Å². The summed E-state index contributed by atoms with van der Waals surface area (Å²) in [5, 5.41) is 12.4. The van der Waals surface area contributed by atoms with E-state index in [1.165, 1.54) is 12.8 Å². The van der Waals surface area contributed by atoms with Crippen LogP contribution in [0.25, 0.3) is 0 Å². The molecule has 5 heteroatoms. The minimum absolute atomic E-state index is 0.357. The monoisotopic (exact) mass is 253 g/mol. The predicted molar refractivity (Wildman–Crippen MR) is 67.9 cm³/mol. The zero-order chi connectivity index (χ0) is 11.6. The molecule has 0 aliphatic heterocycles. The van der Waals surface area contributed by atoms with Crippen molar-refractivity contribution in [1.82, 2.24) is 4.98 Å². The van der Waals surface area contributed by atoms with Gasteiger partial charge in [0.25, 0.3) is 0 Å². The molecule has 1 heterocycles. The van der Waals surface area contributed by atoms with Crippen LogP contribution >= 0.6 is 23.4 Å². The van der Waals surface area contributed by atoms with E-state index in [0.717, 1.165) is 6.54 Å².